The van der Waals surface area contributed by atoms with E-state index in [2.05, 4.69) is 48.4 Å². The van der Waals surface area contributed by atoms with Crippen molar-refractivity contribution < 1.29 is 13.6 Å². The van der Waals surface area contributed by atoms with E-state index in [-0.39, 0.29) is 46.3 Å². The van der Waals surface area contributed by atoms with Crippen LogP contribution in [0, 0.1) is 5.82 Å². The fraction of sp³-hybridized carbons (Fsp3) is 0.407. The first-order valence-corrected chi connectivity index (χ1v) is 12.7. The number of nitrogens with zero attached hydrogens (tertiary/aromatic N) is 3. The number of halogens is 2. The Kier molecular flexibility index (Phi) is 5.59. The molecule has 2 aliphatic carbocycles. The van der Waals surface area contributed by atoms with Gasteiger partial charge in [0.25, 0.3) is 5.91 Å². The van der Waals surface area contributed by atoms with Crippen LogP contribution >= 0.6 is 0 Å². The number of rotatable bonds is 7. The maximum Gasteiger partial charge on any atom is 0.256 e. The Hall–Kier alpha value is -3.66. The molecule has 10 heteroatoms. The summed E-state index contributed by atoms with van der Waals surface area (Å²) >= 11 is 0. The minimum absolute atomic E-state index is 0.140. The Morgan fingerprint density at radius 2 is 1.95 bits per heavy atom. The van der Waals surface area contributed by atoms with E-state index >= 15 is 0 Å². The molecule has 0 unspecified atom stereocenters. The van der Waals surface area contributed by atoms with Gasteiger partial charge >= 0.3 is 0 Å². The topological polar surface area (TPSA) is 104 Å². The molecule has 0 radical (unpaired) electrons. The first kappa shape index (κ1) is 23.7. The highest BCUT2D eigenvalue weighted by atomic mass is 19.1. The third kappa shape index (κ3) is 4.85. The zero-order valence-electron chi connectivity index (χ0n) is 20.8. The number of hydrogen-bond donors (Lipinski definition) is 4. The molecule has 3 heterocycles. The number of carbonyl (C=O) groups is 1. The maximum absolute atomic E-state index is 14.5. The number of aromatic nitrogens is 3. The van der Waals surface area contributed by atoms with Crippen LogP contribution in [0.15, 0.2) is 36.5 Å². The van der Waals surface area contributed by atoms with Crippen molar-refractivity contribution in [3.8, 4) is 0 Å². The second-order valence-electron chi connectivity index (χ2n) is 10.6. The van der Waals surface area contributed by atoms with Crippen LogP contribution in [0.5, 0.6) is 0 Å². The summed E-state index contributed by atoms with van der Waals surface area (Å²) in [7, 11) is 0. The summed E-state index contributed by atoms with van der Waals surface area (Å²) in [5, 5.41) is 12.8. The highest BCUT2D eigenvalue weighted by molar-refractivity contribution is 5.99. The van der Waals surface area contributed by atoms with Gasteiger partial charge in [0.05, 0.1) is 0 Å². The van der Waals surface area contributed by atoms with E-state index in [1.165, 1.54) is 37.2 Å². The van der Waals surface area contributed by atoms with Crippen molar-refractivity contribution >= 4 is 29.2 Å². The van der Waals surface area contributed by atoms with Crippen LogP contribution in [0.2, 0.25) is 0 Å². The van der Waals surface area contributed by atoms with Crippen molar-refractivity contribution in [3.63, 3.8) is 0 Å². The molecule has 2 fully saturated rings. The van der Waals surface area contributed by atoms with Crippen LogP contribution in [0.25, 0.3) is 0 Å². The summed E-state index contributed by atoms with van der Waals surface area (Å²) in [4.78, 5) is 25.9. The largest absolute Gasteiger partial charge is 0.349 e. The average molecular weight is 506 g/mol. The monoisotopic (exact) mass is 505 g/mol. The minimum atomic E-state index is -1.98. The van der Waals surface area contributed by atoms with E-state index in [1.54, 1.807) is 0 Å². The molecule has 0 saturated heterocycles. The van der Waals surface area contributed by atoms with Gasteiger partial charge in [0.15, 0.2) is 0 Å². The molecule has 2 saturated carbocycles. The third-order valence-corrected chi connectivity index (χ3v) is 7.09. The molecule has 1 amide bonds. The summed E-state index contributed by atoms with van der Waals surface area (Å²) in [6, 6.07) is 8.94. The highest BCUT2D eigenvalue weighted by Crippen LogP contribution is 2.49. The number of nitrogens with one attached hydrogen (secondary N) is 4. The molecule has 1 spiro atoms. The number of anilines is 4. The lowest BCUT2D eigenvalue weighted by Gasteiger charge is -2.27. The van der Waals surface area contributed by atoms with E-state index in [1.807, 2.05) is 6.07 Å². The van der Waals surface area contributed by atoms with Crippen LogP contribution in [0.4, 0.5) is 32.1 Å². The summed E-state index contributed by atoms with van der Waals surface area (Å²) in [6.45, 7) is 3.43. The number of amides is 1. The average Bonchev–Trinajstić information content (AvgIpc) is 3.78. The predicted octanol–water partition coefficient (Wildman–Crippen LogP) is 4.73. The van der Waals surface area contributed by atoms with Gasteiger partial charge < -0.3 is 21.3 Å². The van der Waals surface area contributed by atoms with Gasteiger partial charge in [-0.3, -0.25) is 4.79 Å². The molecule has 4 N–H and O–H groups in total. The molecule has 0 bridgehead atoms. The molecule has 1 aliphatic heterocycles. The van der Waals surface area contributed by atoms with Crippen LogP contribution in [0.3, 0.4) is 0 Å². The summed E-state index contributed by atoms with van der Waals surface area (Å²) in [6.07, 6.45) is 6.57. The molecule has 1 aromatic carbocycles. The molecule has 8 nitrogen and oxygen atoms in total. The standard InChI is InChI=1S/C27H29F2N7O/c1-26(2,29)22-20(28)7-8-21(34-22)35-23-18(24(37)32-16-3-4-16)14-30-25(36-23)33-17-5-6-19-15(13-17)9-12-31-27(19)10-11-27/h5-8,13-14,16,31H,3-4,9-12H2,1-2H3,(H,32,37)(H2,30,33,34,35,36). The van der Waals surface area contributed by atoms with E-state index < -0.39 is 11.5 Å². The van der Waals surface area contributed by atoms with E-state index in [9.17, 15) is 13.6 Å². The van der Waals surface area contributed by atoms with Gasteiger partial charge in [-0.15, -0.1) is 0 Å². The molecule has 37 heavy (non-hydrogen) atoms. The van der Waals surface area contributed by atoms with Crippen molar-refractivity contribution in [1.29, 1.82) is 0 Å². The van der Waals surface area contributed by atoms with Crippen molar-refractivity contribution in [3.05, 3.63) is 64.7 Å². The fourth-order valence-corrected chi connectivity index (χ4v) is 4.82. The minimum Gasteiger partial charge on any atom is -0.349 e. The highest BCUT2D eigenvalue weighted by Gasteiger charge is 2.46. The van der Waals surface area contributed by atoms with Gasteiger partial charge in [-0.2, -0.15) is 4.98 Å². The molecular weight excluding hydrogens is 476 g/mol. The van der Waals surface area contributed by atoms with Crippen LogP contribution in [0.1, 0.15) is 66.7 Å². The van der Waals surface area contributed by atoms with Gasteiger partial charge in [0.1, 0.15) is 34.4 Å². The van der Waals surface area contributed by atoms with Crippen molar-refractivity contribution in [1.82, 2.24) is 25.6 Å². The lowest BCUT2D eigenvalue weighted by Crippen LogP contribution is -2.36. The Bertz CT molecular complexity index is 1380. The SMILES string of the molecule is CC(C)(F)c1nc(Nc2nc(Nc3ccc4c(c3)CCNC43CC3)ncc2C(=O)NC2CC2)ccc1F. The second-order valence-corrected chi connectivity index (χ2v) is 10.6. The van der Waals surface area contributed by atoms with Crippen LogP contribution in [-0.4, -0.2) is 33.4 Å². The lowest BCUT2D eigenvalue weighted by molar-refractivity contribution is 0.0951. The number of pyridine rings is 1. The van der Waals surface area contributed by atoms with Crippen LogP contribution < -0.4 is 21.3 Å². The maximum atomic E-state index is 14.5. The molecule has 192 valence electrons. The zero-order chi connectivity index (χ0) is 25.8. The molecule has 3 aromatic rings. The van der Waals surface area contributed by atoms with Gasteiger partial charge in [0, 0.05) is 30.0 Å². The van der Waals surface area contributed by atoms with E-state index in [0.29, 0.717) is 0 Å². The number of fused-ring (bicyclic) bond motifs is 2. The Labute approximate surface area is 213 Å². The lowest BCUT2D eigenvalue weighted by atomic mass is 9.92. The second kappa shape index (κ2) is 8.72. The summed E-state index contributed by atoms with van der Waals surface area (Å²) in [5.41, 5.74) is 1.56. The zero-order valence-corrected chi connectivity index (χ0v) is 20.8. The van der Waals surface area contributed by atoms with Crippen molar-refractivity contribution in [2.45, 2.75) is 63.2 Å². The van der Waals surface area contributed by atoms with Crippen molar-refractivity contribution in [2.24, 2.45) is 0 Å². The normalized spacial score (nSPS) is 17.7. The smallest absolute Gasteiger partial charge is 0.256 e. The predicted molar refractivity (Wildman–Crippen MR) is 136 cm³/mol. The quantitative estimate of drug-likeness (QED) is 0.368. The van der Waals surface area contributed by atoms with Gasteiger partial charge in [-0.05, 0) is 81.3 Å². The number of alkyl halides is 1. The van der Waals surface area contributed by atoms with E-state index in [4.69, 9.17) is 0 Å². The fourth-order valence-electron chi connectivity index (χ4n) is 4.82. The van der Waals surface area contributed by atoms with Gasteiger partial charge in [0.2, 0.25) is 5.95 Å². The summed E-state index contributed by atoms with van der Waals surface area (Å²) in [5.74, 6) is -0.417. The number of benzene rings is 1. The molecular formula is C27H29F2N7O. The first-order valence-electron chi connectivity index (χ1n) is 12.7. The van der Waals surface area contributed by atoms with Gasteiger partial charge in [-0.25, -0.2) is 18.7 Å². The molecule has 0 atom stereocenters. The Morgan fingerprint density at radius 1 is 1.14 bits per heavy atom. The van der Waals surface area contributed by atoms with Gasteiger partial charge in [-0.1, -0.05) is 6.07 Å². The van der Waals surface area contributed by atoms with Crippen molar-refractivity contribution in [2.75, 3.05) is 17.2 Å². The number of hydrogen-bond acceptors (Lipinski definition) is 7. The van der Waals surface area contributed by atoms with E-state index in [0.717, 1.165) is 50.4 Å². The number of carbonyl (C=O) groups excluding carboxylic acids is 1. The Morgan fingerprint density at radius 3 is 2.68 bits per heavy atom. The molecule has 3 aliphatic rings. The molecule has 6 rings (SSSR count). The van der Waals surface area contributed by atoms with Crippen LogP contribution in [-0.2, 0) is 17.6 Å². The Balaban J connectivity index is 1.30. The first-order chi connectivity index (χ1) is 17.7. The summed E-state index contributed by atoms with van der Waals surface area (Å²) < 4.78 is 28.7. The third-order valence-electron chi connectivity index (χ3n) is 7.09. The molecule has 2 aromatic heterocycles.